The molecule has 1 aliphatic heterocycles. The average molecular weight is 714 g/mol. The molecule has 5 aromatic rings. The first-order chi connectivity index (χ1) is 22.9. The van der Waals surface area contributed by atoms with E-state index in [0.29, 0.717) is 29.3 Å². The van der Waals surface area contributed by atoms with Crippen LogP contribution in [0.3, 0.4) is 0 Å². The number of sulfonamides is 2. The summed E-state index contributed by atoms with van der Waals surface area (Å²) in [5.74, 6) is -0.487. The molecule has 3 aromatic heterocycles. The van der Waals surface area contributed by atoms with Crippen molar-refractivity contribution in [2.75, 3.05) is 10.3 Å². The van der Waals surface area contributed by atoms with Crippen LogP contribution in [0.15, 0.2) is 83.1 Å². The number of anilines is 1. The number of hydrogen-bond acceptors (Lipinski definition) is 11. The molecular weight excluding hydrogens is 685 g/mol. The normalized spacial score (nSPS) is 15.3. The fourth-order valence-corrected chi connectivity index (χ4v) is 9.14. The van der Waals surface area contributed by atoms with Gasteiger partial charge >= 0.3 is 0 Å². The monoisotopic (exact) mass is 713 g/mol. The largest absolute Gasteiger partial charge is 0.485 e. The maximum Gasteiger partial charge on any atom is 0.279 e. The standard InChI is InChI=1S/C31H29ClFN7O6S2/c1-20-11-25(17-34-15-20)47(41,42)40(48(43,44)26-12-21(2)16-35-18-26)31-27(13-23(32)14-28(31)33)22-6-8-24(9-7-22)46-19-29-36-38-39(37-29)30-5-3-4-10-45-30/h6-9,11-18,30H,3-5,10,19H2,1-2H3. The fourth-order valence-electron chi connectivity index (χ4n) is 5.09. The lowest BCUT2D eigenvalue weighted by Crippen LogP contribution is -2.38. The number of rotatable bonds is 10. The zero-order chi connectivity index (χ0) is 34.1. The molecule has 1 fully saturated rings. The Hall–Kier alpha value is -4.51. The van der Waals surface area contributed by atoms with Crippen LogP contribution in [-0.2, 0) is 31.4 Å². The summed E-state index contributed by atoms with van der Waals surface area (Å²) in [5.41, 5.74) is 0.257. The van der Waals surface area contributed by atoms with Crippen LogP contribution in [0.2, 0.25) is 5.02 Å². The van der Waals surface area contributed by atoms with Crippen molar-refractivity contribution in [3.05, 3.63) is 101 Å². The van der Waals surface area contributed by atoms with Gasteiger partial charge in [-0.3, -0.25) is 9.97 Å². The lowest BCUT2D eigenvalue weighted by Gasteiger charge is -2.27. The lowest BCUT2D eigenvalue weighted by atomic mass is 10.0. The van der Waals surface area contributed by atoms with E-state index in [4.69, 9.17) is 21.1 Å². The second-order valence-electron chi connectivity index (χ2n) is 11.0. The van der Waals surface area contributed by atoms with Gasteiger partial charge < -0.3 is 9.47 Å². The van der Waals surface area contributed by atoms with E-state index in [1.165, 1.54) is 47.5 Å². The van der Waals surface area contributed by atoms with Crippen LogP contribution in [0.4, 0.5) is 10.1 Å². The minimum absolute atomic E-state index is 0.0115. The van der Waals surface area contributed by atoms with Crippen molar-refractivity contribution in [2.45, 2.75) is 55.7 Å². The van der Waals surface area contributed by atoms with E-state index in [-0.39, 0.29) is 32.7 Å². The minimum atomic E-state index is -5.00. The first kappa shape index (κ1) is 33.4. The van der Waals surface area contributed by atoms with Gasteiger partial charge in [0.2, 0.25) is 5.82 Å². The van der Waals surface area contributed by atoms with Crippen molar-refractivity contribution in [2.24, 2.45) is 0 Å². The Labute approximate surface area is 281 Å². The van der Waals surface area contributed by atoms with E-state index < -0.39 is 41.3 Å². The number of pyridine rings is 2. The highest BCUT2D eigenvalue weighted by Gasteiger charge is 2.41. The highest BCUT2D eigenvalue weighted by Crippen LogP contribution is 2.42. The Morgan fingerprint density at radius 3 is 2.17 bits per heavy atom. The number of hydrogen-bond donors (Lipinski definition) is 0. The molecule has 1 atom stereocenters. The van der Waals surface area contributed by atoms with E-state index in [1.54, 1.807) is 26.0 Å². The van der Waals surface area contributed by atoms with Crippen LogP contribution in [0, 0.1) is 19.7 Å². The summed E-state index contributed by atoms with van der Waals surface area (Å²) >= 11 is 6.25. The number of ether oxygens (including phenoxy) is 2. The molecule has 0 saturated carbocycles. The molecule has 1 unspecified atom stereocenters. The molecule has 48 heavy (non-hydrogen) atoms. The highest BCUT2D eigenvalue weighted by molar-refractivity contribution is 8.10. The number of benzene rings is 2. The number of aromatic nitrogens is 6. The highest BCUT2D eigenvalue weighted by atomic mass is 35.5. The summed E-state index contributed by atoms with van der Waals surface area (Å²) in [6.07, 6.45) is 7.30. The topological polar surface area (TPSA) is 159 Å². The SMILES string of the molecule is Cc1cncc(S(=O)(=O)N(c2c(F)cc(Cl)cc2-c2ccc(OCc3nnn(C4CCCCO4)n3)cc2)S(=O)(=O)c2cncc(C)c2)c1. The van der Waals surface area contributed by atoms with Gasteiger partial charge in [0.05, 0.1) is 0 Å². The molecule has 1 aliphatic rings. The van der Waals surface area contributed by atoms with Gasteiger partial charge in [0, 0.05) is 42.0 Å². The van der Waals surface area contributed by atoms with Crippen LogP contribution in [0.1, 0.15) is 42.4 Å². The molecule has 0 radical (unpaired) electrons. The molecule has 4 heterocycles. The van der Waals surface area contributed by atoms with Gasteiger partial charge in [-0.25, -0.2) is 4.39 Å². The molecule has 17 heteroatoms. The Morgan fingerprint density at radius 2 is 1.58 bits per heavy atom. The summed E-state index contributed by atoms with van der Waals surface area (Å²) in [6.45, 7) is 3.81. The van der Waals surface area contributed by atoms with Crippen LogP contribution >= 0.6 is 11.6 Å². The molecule has 2 aromatic carbocycles. The van der Waals surface area contributed by atoms with Gasteiger partial charge in [0.1, 0.15) is 21.2 Å². The molecule has 1 saturated heterocycles. The first-order valence-electron chi connectivity index (χ1n) is 14.7. The van der Waals surface area contributed by atoms with Crippen molar-refractivity contribution < 1.29 is 30.7 Å². The molecule has 0 amide bonds. The van der Waals surface area contributed by atoms with E-state index in [0.717, 1.165) is 37.7 Å². The van der Waals surface area contributed by atoms with Gasteiger partial charge in [-0.05, 0) is 91.4 Å². The van der Waals surface area contributed by atoms with E-state index >= 15 is 4.39 Å². The quantitative estimate of drug-likeness (QED) is 0.182. The summed E-state index contributed by atoms with van der Waals surface area (Å²) in [6, 6.07) is 10.8. The molecular formula is C31H29ClFN7O6S2. The molecule has 6 rings (SSSR count). The van der Waals surface area contributed by atoms with Gasteiger partial charge in [-0.1, -0.05) is 23.7 Å². The van der Waals surface area contributed by atoms with Crippen molar-refractivity contribution >= 4 is 37.3 Å². The average Bonchev–Trinajstić information content (AvgIpc) is 3.55. The zero-order valence-corrected chi connectivity index (χ0v) is 28.1. The third-order valence-electron chi connectivity index (χ3n) is 7.36. The Morgan fingerprint density at radius 1 is 0.938 bits per heavy atom. The minimum Gasteiger partial charge on any atom is -0.485 e. The summed E-state index contributed by atoms with van der Waals surface area (Å²) < 4.78 is 84.6. The number of aryl methyl sites for hydroxylation is 2. The molecule has 0 spiro atoms. The lowest BCUT2D eigenvalue weighted by molar-refractivity contribution is -0.0491. The Kier molecular flexibility index (Phi) is 9.42. The maximum absolute atomic E-state index is 16.1. The molecule has 250 valence electrons. The van der Waals surface area contributed by atoms with Crippen LogP contribution < -0.4 is 8.45 Å². The summed E-state index contributed by atoms with van der Waals surface area (Å²) in [4.78, 5) is 8.35. The van der Waals surface area contributed by atoms with Crippen molar-refractivity contribution in [1.29, 1.82) is 0 Å². The summed E-state index contributed by atoms with van der Waals surface area (Å²) in [7, 11) is -10.00. The third kappa shape index (κ3) is 6.87. The van der Waals surface area contributed by atoms with E-state index in [2.05, 4.69) is 25.4 Å². The van der Waals surface area contributed by atoms with Crippen LogP contribution in [-0.4, -0.2) is 53.6 Å². The van der Waals surface area contributed by atoms with Gasteiger partial charge in [0.15, 0.2) is 18.7 Å². The van der Waals surface area contributed by atoms with Gasteiger partial charge in [-0.2, -0.15) is 20.5 Å². The van der Waals surface area contributed by atoms with E-state index in [9.17, 15) is 16.8 Å². The van der Waals surface area contributed by atoms with E-state index in [1.807, 2.05) is 0 Å². The molecule has 0 bridgehead atoms. The van der Waals surface area contributed by atoms with Gasteiger partial charge in [-0.15, -0.1) is 15.0 Å². The maximum atomic E-state index is 16.1. The molecule has 0 aliphatic carbocycles. The number of tetrazole rings is 1. The fraction of sp³-hybridized carbons (Fsp3) is 0.258. The number of nitrogens with zero attached hydrogens (tertiary/aromatic N) is 7. The third-order valence-corrected chi connectivity index (χ3v) is 11.6. The molecule has 0 N–H and O–H groups in total. The Bertz CT molecular complexity index is 2100. The zero-order valence-electron chi connectivity index (χ0n) is 25.7. The van der Waals surface area contributed by atoms with Gasteiger partial charge in [0.25, 0.3) is 20.0 Å². The van der Waals surface area contributed by atoms with Crippen LogP contribution in [0.5, 0.6) is 5.75 Å². The van der Waals surface area contributed by atoms with Crippen LogP contribution in [0.25, 0.3) is 11.1 Å². The summed E-state index contributed by atoms with van der Waals surface area (Å²) in [5, 5.41) is 12.3. The Balaban J connectivity index is 1.38. The predicted octanol–water partition coefficient (Wildman–Crippen LogP) is 5.40. The van der Waals surface area contributed by atoms with Crippen molar-refractivity contribution in [3.8, 4) is 16.9 Å². The molecule has 13 nitrogen and oxygen atoms in total. The number of halogens is 2. The van der Waals surface area contributed by atoms with Crippen molar-refractivity contribution in [3.63, 3.8) is 0 Å². The first-order valence-corrected chi connectivity index (χ1v) is 18.0. The smallest absolute Gasteiger partial charge is 0.279 e. The van der Waals surface area contributed by atoms with Crippen molar-refractivity contribution in [1.82, 2.24) is 30.2 Å². The predicted molar refractivity (Wildman–Crippen MR) is 173 cm³/mol. The second kappa shape index (κ2) is 13.5. The second-order valence-corrected chi connectivity index (χ2v) is 15.3.